The van der Waals surface area contributed by atoms with E-state index in [1.165, 1.54) is 11.3 Å². The molecule has 2 aromatic rings. The number of carbonyl (C=O) groups is 1. The number of nitrogens with one attached hydrogen (secondary N) is 1. The Balaban J connectivity index is 1.94. The molecule has 7 nitrogen and oxygen atoms in total. The van der Waals surface area contributed by atoms with Gasteiger partial charge in [0.2, 0.25) is 5.13 Å². The normalized spacial score (nSPS) is 11.0. The Labute approximate surface area is 121 Å². The number of rotatable bonds is 6. The van der Waals surface area contributed by atoms with Crippen molar-refractivity contribution in [3.8, 4) is 0 Å². The number of hydrogen-bond donors (Lipinski definition) is 1. The molecule has 1 amide bonds. The fourth-order valence-electron chi connectivity index (χ4n) is 1.55. The quantitative estimate of drug-likeness (QED) is 0.863. The van der Waals surface area contributed by atoms with E-state index in [9.17, 15) is 4.79 Å². The van der Waals surface area contributed by atoms with E-state index in [4.69, 9.17) is 0 Å². The van der Waals surface area contributed by atoms with Crippen LogP contribution in [0.15, 0.2) is 12.4 Å². The van der Waals surface area contributed by atoms with Gasteiger partial charge in [-0.1, -0.05) is 11.3 Å². The number of aryl methyl sites for hydroxylation is 1. The van der Waals surface area contributed by atoms with E-state index in [0.29, 0.717) is 10.7 Å². The molecule has 0 aliphatic carbocycles. The minimum atomic E-state index is -0.208. The summed E-state index contributed by atoms with van der Waals surface area (Å²) in [6, 6.07) is 0. The molecule has 0 saturated heterocycles. The number of anilines is 1. The van der Waals surface area contributed by atoms with Crippen LogP contribution in [0, 0.1) is 0 Å². The second-order valence-corrected chi connectivity index (χ2v) is 5.66. The molecule has 0 spiro atoms. The number of aromatic nitrogens is 4. The highest BCUT2D eigenvalue weighted by molar-refractivity contribution is 7.15. The smallest absolute Gasteiger partial charge is 0.260 e. The molecular weight excluding hydrogens is 276 g/mol. The van der Waals surface area contributed by atoms with E-state index in [-0.39, 0.29) is 5.91 Å². The summed E-state index contributed by atoms with van der Waals surface area (Å²) in [6.45, 7) is 3.61. The molecule has 0 saturated carbocycles. The zero-order valence-electron chi connectivity index (χ0n) is 11.8. The summed E-state index contributed by atoms with van der Waals surface area (Å²) in [7, 11) is 4.02. The van der Waals surface area contributed by atoms with Crippen LogP contribution in [0.25, 0.3) is 0 Å². The number of carbonyl (C=O) groups excluding carboxylic acids is 1. The van der Waals surface area contributed by atoms with Crippen LogP contribution in [0.5, 0.6) is 0 Å². The molecule has 2 heterocycles. The molecule has 8 heteroatoms. The minimum Gasteiger partial charge on any atom is -0.309 e. The predicted molar refractivity (Wildman–Crippen MR) is 78.0 cm³/mol. The number of amides is 1. The first kappa shape index (κ1) is 14.6. The van der Waals surface area contributed by atoms with Gasteiger partial charge in [-0.05, 0) is 21.0 Å². The summed E-state index contributed by atoms with van der Waals surface area (Å²) in [6.07, 6.45) is 4.09. The largest absolute Gasteiger partial charge is 0.309 e. The molecule has 0 aromatic carbocycles. The molecule has 2 rings (SSSR count). The predicted octanol–water partition coefficient (Wildman–Crippen LogP) is 1.11. The van der Waals surface area contributed by atoms with Gasteiger partial charge in [0.1, 0.15) is 5.01 Å². The van der Waals surface area contributed by atoms with Crippen LogP contribution in [0.4, 0.5) is 5.13 Å². The second kappa shape index (κ2) is 6.58. The van der Waals surface area contributed by atoms with Gasteiger partial charge in [0, 0.05) is 25.7 Å². The van der Waals surface area contributed by atoms with Gasteiger partial charge in [0.25, 0.3) is 5.91 Å². The molecule has 0 radical (unpaired) electrons. The van der Waals surface area contributed by atoms with E-state index in [1.807, 2.05) is 21.0 Å². The Kier molecular flexibility index (Phi) is 4.80. The molecule has 108 valence electrons. The molecule has 0 aliphatic rings. The molecule has 20 heavy (non-hydrogen) atoms. The summed E-state index contributed by atoms with van der Waals surface area (Å²) >= 11 is 1.40. The average Bonchev–Trinajstić information content (AvgIpc) is 3.05. The summed E-state index contributed by atoms with van der Waals surface area (Å²) in [4.78, 5) is 14.1. The maximum absolute atomic E-state index is 12.0. The lowest BCUT2D eigenvalue weighted by Gasteiger charge is -2.05. The van der Waals surface area contributed by atoms with Crippen LogP contribution in [0.3, 0.4) is 0 Å². The Morgan fingerprint density at radius 1 is 1.45 bits per heavy atom. The van der Waals surface area contributed by atoms with E-state index >= 15 is 0 Å². The van der Waals surface area contributed by atoms with Gasteiger partial charge in [-0.25, -0.2) is 0 Å². The fourth-order valence-corrected chi connectivity index (χ4v) is 2.27. The van der Waals surface area contributed by atoms with Gasteiger partial charge < -0.3 is 4.90 Å². The molecule has 0 aliphatic heterocycles. The highest BCUT2D eigenvalue weighted by Gasteiger charge is 2.12. The van der Waals surface area contributed by atoms with Gasteiger partial charge in [-0.15, -0.1) is 10.2 Å². The van der Waals surface area contributed by atoms with Crippen molar-refractivity contribution < 1.29 is 4.79 Å². The fraction of sp³-hybridized carbons (Fsp3) is 0.500. The van der Waals surface area contributed by atoms with Crippen molar-refractivity contribution in [3.05, 3.63) is 23.0 Å². The number of likely N-dealkylation sites (N-methyl/N-ethyl adjacent to an activating group) is 1. The Bertz CT molecular complexity index is 576. The minimum absolute atomic E-state index is 0.208. The van der Waals surface area contributed by atoms with Crippen molar-refractivity contribution in [3.63, 3.8) is 0 Å². The Morgan fingerprint density at radius 3 is 2.90 bits per heavy atom. The van der Waals surface area contributed by atoms with Gasteiger partial charge in [-0.2, -0.15) is 5.10 Å². The maximum Gasteiger partial charge on any atom is 0.260 e. The summed E-state index contributed by atoms with van der Waals surface area (Å²) in [5.41, 5.74) is 0.525. The van der Waals surface area contributed by atoms with Crippen LogP contribution >= 0.6 is 11.3 Å². The average molecular weight is 294 g/mol. The standard InChI is InChI=1S/C12H18N6OS/c1-4-18-8-9(7-13-18)11(19)14-12-16-15-10(20-12)5-6-17(2)3/h7-8H,4-6H2,1-3H3,(H,14,16,19). The molecule has 1 N–H and O–H groups in total. The molecule has 2 aromatic heterocycles. The number of nitrogens with zero attached hydrogens (tertiary/aromatic N) is 5. The molecular formula is C12H18N6OS. The first-order valence-corrected chi connectivity index (χ1v) is 7.21. The van der Waals surface area contributed by atoms with Crippen LogP contribution in [0.2, 0.25) is 0 Å². The van der Waals surface area contributed by atoms with Gasteiger partial charge in [-0.3, -0.25) is 14.8 Å². The Morgan fingerprint density at radius 2 is 2.25 bits per heavy atom. The van der Waals surface area contributed by atoms with Crippen molar-refractivity contribution in [2.75, 3.05) is 26.0 Å². The summed E-state index contributed by atoms with van der Waals surface area (Å²) in [5.74, 6) is -0.208. The van der Waals surface area contributed by atoms with Crippen molar-refractivity contribution >= 4 is 22.4 Å². The monoisotopic (exact) mass is 294 g/mol. The third-order valence-corrected chi connectivity index (χ3v) is 3.58. The van der Waals surface area contributed by atoms with Crippen LogP contribution < -0.4 is 5.32 Å². The van der Waals surface area contributed by atoms with Crippen molar-refractivity contribution in [1.82, 2.24) is 24.9 Å². The van der Waals surface area contributed by atoms with Crippen LogP contribution in [-0.4, -0.2) is 51.4 Å². The topological polar surface area (TPSA) is 75.9 Å². The van der Waals surface area contributed by atoms with Crippen molar-refractivity contribution in [2.45, 2.75) is 19.9 Å². The van der Waals surface area contributed by atoms with Crippen LogP contribution in [0.1, 0.15) is 22.3 Å². The highest BCUT2D eigenvalue weighted by Crippen LogP contribution is 2.16. The SMILES string of the molecule is CCn1cc(C(=O)Nc2nnc(CCN(C)C)s2)cn1. The molecule has 0 atom stereocenters. The molecule has 0 bridgehead atoms. The zero-order chi connectivity index (χ0) is 14.5. The second-order valence-electron chi connectivity index (χ2n) is 4.59. The number of hydrogen-bond acceptors (Lipinski definition) is 6. The summed E-state index contributed by atoms with van der Waals surface area (Å²) in [5, 5.41) is 16.3. The third kappa shape index (κ3) is 3.84. The van der Waals surface area contributed by atoms with E-state index in [0.717, 1.165) is 24.5 Å². The lowest BCUT2D eigenvalue weighted by molar-refractivity contribution is 0.102. The van der Waals surface area contributed by atoms with E-state index in [2.05, 4.69) is 25.5 Å². The first-order chi connectivity index (χ1) is 9.58. The van der Waals surface area contributed by atoms with E-state index in [1.54, 1.807) is 17.1 Å². The van der Waals surface area contributed by atoms with E-state index < -0.39 is 0 Å². The van der Waals surface area contributed by atoms with Gasteiger partial charge in [0.05, 0.1) is 11.8 Å². The van der Waals surface area contributed by atoms with Gasteiger partial charge in [0.15, 0.2) is 0 Å². The summed E-state index contributed by atoms with van der Waals surface area (Å²) < 4.78 is 1.71. The van der Waals surface area contributed by atoms with Gasteiger partial charge >= 0.3 is 0 Å². The first-order valence-electron chi connectivity index (χ1n) is 6.39. The van der Waals surface area contributed by atoms with Crippen molar-refractivity contribution in [2.24, 2.45) is 0 Å². The third-order valence-electron chi connectivity index (χ3n) is 2.68. The van der Waals surface area contributed by atoms with Crippen molar-refractivity contribution in [1.29, 1.82) is 0 Å². The Hall–Kier alpha value is -1.80. The zero-order valence-corrected chi connectivity index (χ0v) is 12.6. The molecule has 0 unspecified atom stereocenters. The lowest BCUT2D eigenvalue weighted by Crippen LogP contribution is -2.14. The lowest BCUT2D eigenvalue weighted by atomic mass is 10.3. The molecule has 0 fully saturated rings. The van der Waals surface area contributed by atoms with Crippen LogP contribution in [-0.2, 0) is 13.0 Å². The maximum atomic E-state index is 12.0. The highest BCUT2D eigenvalue weighted by atomic mass is 32.1.